The predicted octanol–water partition coefficient (Wildman–Crippen LogP) is 2.25. The molecule has 0 aliphatic rings. The summed E-state index contributed by atoms with van der Waals surface area (Å²) in [4.78, 5) is 22.4. The van der Waals surface area contributed by atoms with Crippen molar-refractivity contribution >= 4 is 11.9 Å². The van der Waals surface area contributed by atoms with Crippen molar-refractivity contribution in [3.63, 3.8) is 0 Å². The van der Waals surface area contributed by atoms with Crippen LogP contribution < -0.4 is 10.6 Å². The number of carbonyl (C=O) groups excluding carboxylic acids is 1. The number of hydrogen-bond acceptors (Lipinski definition) is 4. The van der Waals surface area contributed by atoms with Gasteiger partial charge in [-0.15, -0.1) is 0 Å². The van der Waals surface area contributed by atoms with Crippen LogP contribution in [0.15, 0.2) is 33.7 Å². The van der Waals surface area contributed by atoms with Gasteiger partial charge in [0.05, 0.1) is 18.8 Å². The number of carbonyl (C=O) groups is 1. The number of nitrogens with one attached hydrogen (secondary N) is 2. The molecule has 7 nitrogen and oxygen atoms in total. The van der Waals surface area contributed by atoms with Crippen molar-refractivity contribution in [1.29, 1.82) is 0 Å². The molecule has 2 aromatic rings. The van der Waals surface area contributed by atoms with Gasteiger partial charge < -0.3 is 20.0 Å². The van der Waals surface area contributed by atoms with Gasteiger partial charge in [-0.3, -0.25) is 4.79 Å². The molecule has 7 heteroatoms. The summed E-state index contributed by atoms with van der Waals surface area (Å²) in [5.74, 6) is 2.15. The van der Waals surface area contributed by atoms with Crippen molar-refractivity contribution in [2.45, 2.75) is 33.9 Å². The van der Waals surface area contributed by atoms with Gasteiger partial charge in [-0.2, -0.15) is 0 Å². The van der Waals surface area contributed by atoms with E-state index in [1.54, 1.807) is 19.0 Å². The number of benzene rings is 1. The van der Waals surface area contributed by atoms with Gasteiger partial charge in [0.25, 0.3) is 5.91 Å². The molecule has 140 valence electrons. The Labute approximate surface area is 154 Å². The highest BCUT2D eigenvalue weighted by Gasteiger charge is 2.08. The summed E-state index contributed by atoms with van der Waals surface area (Å²) >= 11 is 0. The first-order valence-electron chi connectivity index (χ1n) is 8.66. The van der Waals surface area contributed by atoms with E-state index in [2.05, 4.69) is 20.6 Å². The molecule has 1 aromatic carbocycles. The lowest BCUT2D eigenvalue weighted by atomic mass is 10.1. The molecule has 0 aliphatic carbocycles. The smallest absolute Gasteiger partial charge is 0.253 e. The number of guanidine groups is 1. The highest BCUT2D eigenvalue weighted by atomic mass is 16.4. The molecule has 0 radical (unpaired) electrons. The highest BCUT2D eigenvalue weighted by Crippen LogP contribution is 2.09. The fraction of sp³-hybridized carbons (Fsp3) is 0.421. The Balaban J connectivity index is 1.98. The van der Waals surface area contributed by atoms with Gasteiger partial charge in [-0.25, -0.2) is 9.98 Å². The Morgan fingerprint density at radius 3 is 2.42 bits per heavy atom. The number of oxazole rings is 1. The number of aryl methyl sites for hydroxylation is 2. The normalized spacial score (nSPS) is 11.3. The van der Waals surface area contributed by atoms with Crippen LogP contribution in [-0.4, -0.2) is 42.4 Å². The van der Waals surface area contributed by atoms with Crippen LogP contribution >= 0.6 is 0 Å². The van der Waals surface area contributed by atoms with Crippen LogP contribution in [-0.2, 0) is 13.1 Å². The molecule has 2 rings (SSSR count). The van der Waals surface area contributed by atoms with Gasteiger partial charge in [-0.05, 0) is 38.5 Å². The van der Waals surface area contributed by atoms with Gasteiger partial charge in [0, 0.05) is 26.2 Å². The van der Waals surface area contributed by atoms with Gasteiger partial charge in [0.15, 0.2) is 5.96 Å². The Hall–Kier alpha value is -2.83. The lowest BCUT2D eigenvalue weighted by Gasteiger charge is -2.11. The molecule has 0 fully saturated rings. The van der Waals surface area contributed by atoms with Crippen LogP contribution in [0.25, 0.3) is 0 Å². The van der Waals surface area contributed by atoms with Gasteiger partial charge in [0.2, 0.25) is 5.89 Å². The third kappa shape index (κ3) is 5.34. The molecular formula is C19H27N5O2. The summed E-state index contributed by atoms with van der Waals surface area (Å²) in [5, 5.41) is 6.41. The monoisotopic (exact) mass is 357 g/mol. The van der Waals surface area contributed by atoms with Crippen molar-refractivity contribution in [2.24, 2.45) is 4.99 Å². The van der Waals surface area contributed by atoms with Crippen LogP contribution in [0, 0.1) is 13.8 Å². The predicted molar refractivity (Wildman–Crippen MR) is 102 cm³/mol. The maximum absolute atomic E-state index is 11.9. The van der Waals surface area contributed by atoms with E-state index in [1.165, 1.54) is 0 Å². The number of hydrogen-bond donors (Lipinski definition) is 2. The summed E-state index contributed by atoms with van der Waals surface area (Å²) in [6.07, 6.45) is 0. The molecule has 0 unspecified atom stereocenters. The van der Waals surface area contributed by atoms with E-state index in [0.717, 1.165) is 23.6 Å². The Morgan fingerprint density at radius 1 is 1.19 bits per heavy atom. The number of amides is 1. The van der Waals surface area contributed by atoms with Crippen molar-refractivity contribution in [3.8, 4) is 0 Å². The van der Waals surface area contributed by atoms with Crippen molar-refractivity contribution < 1.29 is 9.21 Å². The first-order chi connectivity index (χ1) is 12.4. The summed E-state index contributed by atoms with van der Waals surface area (Å²) in [7, 11) is 3.48. The lowest BCUT2D eigenvalue weighted by Crippen LogP contribution is -2.36. The molecule has 0 saturated heterocycles. The molecule has 1 heterocycles. The van der Waals surface area contributed by atoms with Crippen LogP contribution in [0.4, 0.5) is 0 Å². The van der Waals surface area contributed by atoms with E-state index in [0.29, 0.717) is 30.5 Å². The van der Waals surface area contributed by atoms with E-state index in [-0.39, 0.29) is 5.91 Å². The molecule has 0 bridgehead atoms. The second-order valence-electron chi connectivity index (χ2n) is 6.19. The minimum Gasteiger partial charge on any atom is -0.444 e. The largest absolute Gasteiger partial charge is 0.444 e. The quantitative estimate of drug-likeness (QED) is 0.612. The average molecular weight is 357 g/mol. The van der Waals surface area contributed by atoms with Crippen LogP contribution in [0.2, 0.25) is 0 Å². The van der Waals surface area contributed by atoms with Crippen molar-refractivity contribution in [3.05, 3.63) is 52.7 Å². The van der Waals surface area contributed by atoms with Crippen LogP contribution in [0.5, 0.6) is 0 Å². The van der Waals surface area contributed by atoms with Crippen LogP contribution in [0.1, 0.15) is 40.2 Å². The van der Waals surface area contributed by atoms with Crippen molar-refractivity contribution in [2.75, 3.05) is 20.6 Å². The number of aliphatic imine (C=N–C) groups is 1. The summed E-state index contributed by atoms with van der Waals surface area (Å²) in [6, 6.07) is 7.49. The molecule has 0 aliphatic heterocycles. The third-order valence-electron chi connectivity index (χ3n) is 3.85. The fourth-order valence-electron chi connectivity index (χ4n) is 2.30. The topological polar surface area (TPSA) is 82.8 Å². The summed E-state index contributed by atoms with van der Waals surface area (Å²) in [5.41, 5.74) is 2.60. The fourth-order valence-corrected chi connectivity index (χ4v) is 2.30. The first-order valence-corrected chi connectivity index (χ1v) is 8.66. The van der Waals surface area contributed by atoms with Crippen molar-refractivity contribution in [1.82, 2.24) is 20.5 Å². The number of nitrogens with zero attached hydrogens (tertiary/aromatic N) is 3. The van der Waals surface area contributed by atoms with E-state index in [4.69, 9.17) is 4.42 Å². The SMILES string of the molecule is CCNC(=NCc1ccc(C(=O)N(C)C)cc1)NCc1nc(C)c(C)o1. The number of aromatic nitrogens is 1. The maximum Gasteiger partial charge on any atom is 0.253 e. The minimum atomic E-state index is -0.00779. The van der Waals surface area contributed by atoms with E-state index in [9.17, 15) is 4.79 Å². The molecular weight excluding hydrogens is 330 g/mol. The summed E-state index contributed by atoms with van der Waals surface area (Å²) < 4.78 is 5.57. The zero-order chi connectivity index (χ0) is 19.1. The van der Waals surface area contributed by atoms with Gasteiger partial charge >= 0.3 is 0 Å². The summed E-state index contributed by atoms with van der Waals surface area (Å²) in [6.45, 7) is 7.57. The Kier molecular flexibility index (Phi) is 6.77. The molecule has 0 saturated carbocycles. The van der Waals surface area contributed by atoms with E-state index in [1.807, 2.05) is 45.0 Å². The molecule has 2 N–H and O–H groups in total. The van der Waals surface area contributed by atoms with E-state index < -0.39 is 0 Å². The van der Waals surface area contributed by atoms with Crippen LogP contribution in [0.3, 0.4) is 0 Å². The zero-order valence-corrected chi connectivity index (χ0v) is 16.1. The Morgan fingerprint density at radius 2 is 1.88 bits per heavy atom. The van der Waals surface area contributed by atoms with Gasteiger partial charge in [0.1, 0.15) is 5.76 Å². The standard InChI is InChI=1S/C19H27N5O2/c1-6-20-19(22-12-17-23-13(2)14(3)26-17)21-11-15-7-9-16(10-8-15)18(25)24(4)5/h7-10H,6,11-12H2,1-5H3,(H2,20,21,22). The minimum absolute atomic E-state index is 0.00779. The third-order valence-corrected chi connectivity index (χ3v) is 3.85. The molecule has 1 amide bonds. The molecule has 0 atom stereocenters. The average Bonchev–Trinajstić information content (AvgIpc) is 2.95. The maximum atomic E-state index is 11.9. The zero-order valence-electron chi connectivity index (χ0n) is 16.1. The molecule has 26 heavy (non-hydrogen) atoms. The second-order valence-corrected chi connectivity index (χ2v) is 6.19. The number of rotatable bonds is 6. The van der Waals surface area contributed by atoms with E-state index >= 15 is 0 Å². The molecule has 1 aromatic heterocycles. The first kappa shape index (κ1) is 19.5. The second kappa shape index (κ2) is 9.03. The highest BCUT2D eigenvalue weighted by molar-refractivity contribution is 5.93. The van der Waals surface area contributed by atoms with Gasteiger partial charge in [-0.1, -0.05) is 12.1 Å². The molecule has 0 spiro atoms. The Bertz CT molecular complexity index is 743. The lowest BCUT2D eigenvalue weighted by molar-refractivity contribution is 0.0827.